The van der Waals surface area contributed by atoms with Gasteiger partial charge in [0.1, 0.15) is 0 Å². The number of halogens is 1. The molecule has 25 heavy (non-hydrogen) atoms. The zero-order valence-electron chi connectivity index (χ0n) is 14.5. The van der Waals surface area contributed by atoms with Gasteiger partial charge < -0.3 is 15.1 Å². The Kier molecular flexibility index (Phi) is 5.82. The Morgan fingerprint density at radius 3 is 2.52 bits per heavy atom. The van der Waals surface area contributed by atoms with Crippen LogP contribution in [0.5, 0.6) is 0 Å². The highest BCUT2D eigenvalue weighted by atomic mass is 35.5. The fraction of sp³-hybridized carbons (Fsp3) is 0.350. The molecule has 4 nitrogen and oxygen atoms in total. The number of carbonyl (C=O) groups excluding carboxylic acids is 1. The summed E-state index contributed by atoms with van der Waals surface area (Å²) in [5.41, 5.74) is 2.87. The lowest BCUT2D eigenvalue weighted by Crippen LogP contribution is -2.31. The molecule has 0 unspecified atom stereocenters. The zero-order chi connectivity index (χ0) is 17.6. The summed E-state index contributed by atoms with van der Waals surface area (Å²) in [6.45, 7) is 2.66. The average Bonchev–Trinajstić information content (AvgIpc) is 2.63. The van der Waals surface area contributed by atoms with Crippen LogP contribution < -0.4 is 10.2 Å². The average molecular weight is 358 g/mol. The normalized spacial score (nSPS) is 14.2. The number of nitrogens with one attached hydrogen (secondary N) is 1. The maximum absolute atomic E-state index is 12.4. The van der Waals surface area contributed by atoms with E-state index >= 15 is 0 Å². The van der Waals surface area contributed by atoms with E-state index in [1.54, 1.807) is 11.9 Å². The number of carbonyl (C=O) groups is 1. The van der Waals surface area contributed by atoms with Crippen molar-refractivity contribution in [2.75, 3.05) is 30.4 Å². The molecular formula is C20H24ClN3O. The molecule has 0 atom stereocenters. The second-order valence-electron chi connectivity index (χ2n) is 6.49. The predicted octanol–water partition coefficient (Wildman–Crippen LogP) is 4.99. The molecule has 0 saturated carbocycles. The Bertz CT molecular complexity index is 714. The minimum atomic E-state index is -0.148. The molecule has 2 aromatic rings. The first kappa shape index (κ1) is 17.6. The Morgan fingerprint density at radius 1 is 1.12 bits per heavy atom. The molecule has 2 aromatic carbocycles. The van der Waals surface area contributed by atoms with Crippen LogP contribution in [0.3, 0.4) is 0 Å². The number of benzene rings is 2. The fourth-order valence-corrected chi connectivity index (χ4v) is 3.42. The van der Waals surface area contributed by atoms with E-state index in [1.165, 1.54) is 19.3 Å². The van der Waals surface area contributed by atoms with Crippen molar-refractivity contribution in [2.24, 2.45) is 0 Å². The first-order chi connectivity index (χ1) is 12.1. The SMILES string of the molecule is CN(Cc1ccccc1)C(=O)Nc1ccc(N2CCCCC2)c(Cl)c1. The maximum atomic E-state index is 12.4. The summed E-state index contributed by atoms with van der Waals surface area (Å²) in [7, 11) is 1.78. The van der Waals surface area contributed by atoms with E-state index in [0.29, 0.717) is 11.6 Å². The van der Waals surface area contributed by atoms with E-state index in [4.69, 9.17) is 11.6 Å². The minimum Gasteiger partial charge on any atom is -0.370 e. The Hall–Kier alpha value is -2.20. The van der Waals surface area contributed by atoms with Crippen molar-refractivity contribution in [2.45, 2.75) is 25.8 Å². The second kappa shape index (κ2) is 8.26. The van der Waals surface area contributed by atoms with Crippen LogP contribution in [-0.4, -0.2) is 31.1 Å². The van der Waals surface area contributed by atoms with Crippen molar-refractivity contribution < 1.29 is 4.79 Å². The summed E-state index contributed by atoms with van der Waals surface area (Å²) >= 11 is 6.45. The molecule has 1 aliphatic heterocycles. The molecule has 0 spiro atoms. The van der Waals surface area contributed by atoms with Crippen LogP contribution >= 0.6 is 11.6 Å². The smallest absolute Gasteiger partial charge is 0.321 e. The Balaban J connectivity index is 1.62. The van der Waals surface area contributed by atoms with Crippen molar-refractivity contribution in [1.29, 1.82) is 0 Å². The Morgan fingerprint density at radius 2 is 1.84 bits per heavy atom. The van der Waals surface area contributed by atoms with Gasteiger partial charge in [-0.3, -0.25) is 0 Å². The lowest BCUT2D eigenvalue weighted by atomic mass is 10.1. The number of nitrogens with zero attached hydrogens (tertiary/aromatic N) is 2. The van der Waals surface area contributed by atoms with Gasteiger partial charge in [0.25, 0.3) is 0 Å². The van der Waals surface area contributed by atoms with Gasteiger partial charge in [-0.15, -0.1) is 0 Å². The number of hydrogen-bond donors (Lipinski definition) is 1. The second-order valence-corrected chi connectivity index (χ2v) is 6.89. The van der Waals surface area contributed by atoms with Crippen LogP contribution in [0.15, 0.2) is 48.5 Å². The summed E-state index contributed by atoms with van der Waals surface area (Å²) in [5, 5.41) is 3.60. The van der Waals surface area contributed by atoms with E-state index < -0.39 is 0 Å². The monoisotopic (exact) mass is 357 g/mol. The first-order valence-electron chi connectivity index (χ1n) is 8.74. The third kappa shape index (κ3) is 4.67. The van der Waals surface area contributed by atoms with Crippen LogP contribution in [0.2, 0.25) is 5.02 Å². The first-order valence-corrected chi connectivity index (χ1v) is 9.12. The number of rotatable bonds is 4. The standard InChI is InChI=1S/C20H24ClN3O/c1-23(15-16-8-4-2-5-9-16)20(25)22-17-10-11-19(18(21)14-17)24-12-6-3-7-13-24/h2,4-5,8-11,14H,3,6-7,12-13,15H2,1H3,(H,22,25). The molecule has 0 aromatic heterocycles. The molecule has 1 N–H and O–H groups in total. The Labute approximate surface area is 154 Å². The summed E-state index contributed by atoms with van der Waals surface area (Å²) < 4.78 is 0. The van der Waals surface area contributed by atoms with Crippen molar-refractivity contribution in [3.63, 3.8) is 0 Å². The van der Waals surface area contributed by atoms with E-state index in [-0.39, 0.29) is 6.03 Å². The summed E-state index contributed by atoms with van der Waals surface area (Å²) in [6, 6.07) is 15.5. The molecule has 3 rings (SSSR count). The van der Waals surface area contributed by atoms with Gasteiger partial charge in [-0.1, -0.05) is 41.9 Å². The van der Waals surface area contributed by atoms with Crippen LogP contribution in [0, 0.1) is 0 Å². The van der Waals surface area contributed by atoms with Crippen molar-refractivity contribution >= 4 is 29.0 Å². The van der Waals surface area contributed by atoms with Crippen molar-refractivity contribution in [1.82, 2.24) is 4.90 Å². The van der Waals surface area contributed by atoms with Gasteiger partial charge in [0.15, 0.2) is 0 Å². The number of amides is 2. The van der Waals surface area contributed by atoms with Gasteiger partial charge in [-0.25, -0.2) is 4.79 Å². The highest BCUT2D eigenvalue weighted by molar-refractivity contribution is 6.33. The number of urea groups is 1. The van der Waals surface area contributed by atoms with Crippen LogP contribution in [0.1, 0.15) is 24.8 Å². The number of anilines is 2. The molecule has 132 valence electrons. The highest BCUT2D eigenvalue weighted by Gasteiger charge is 2.15. The summed E-state index contributed by atoms with van der Waals surface area (Å²) in [4.78, 5) is 16.3. The maximum Gasteiger partial charge on any atom is 0.321 e. The molecular weight excluding hydrogens is 334 g/mol. The third-order valence-electron chi connectivity index (χ3n) is 4.50. The predicted molar refractivity (Wildman–Crippen MR) is 104 cm³/mol. The van der Waals surface area contributed by atoms with Gasteiger partial charge in [0.05, 0.1) is 10.7 Å². The van der Waals surface area contributed by atoms with E-state index in [1.807, 2.05) is 48.5 Å². The van der Waals surface area contributed by atoms with Gasteiger partial charge in [0, 0.05) is 32.4 Å². The van der Waals surface area contributed by atoms with E-state index in [0.717, 1.165) is 30.0 Å². The van der Waals surface area contributed by atoms with E-state index in [2.05, 4.69) is 10.2 Å². The lowest BCUT2D eigenvalue weighted by Gasteiger charge is -2.29. The summed E-state index contributed by atoms with van der Waals surface area (Å²) in [5.74, 6) is 0. The highest BCUT2D eigenvalue weighted by Crippen LogP contribution is 2.30. The van der Waals surface area contributed by atoms with Crippen molar-refractivity contribution in [3.05, 3.63) is 59.1 Å². The molecule has 5 heteroatoms. The molecule has 1 saturated heterocycles. The van der Waals surface area contributed by atoms with Gasteiger partial charge in [-0.05, 0) is 43.0 Å². The molecule has 1 heterocycles. The largest absolute Gasteiger partial charge is 0.370 e. The zero-order valence-corrected chi connectivity index (χ0v) is 15.3. The van der Waals surface area contributed by atoms with Gasteiger partial charge in [-0.2, -0.15) is 0 Å². The summed E-state index contributed by atoms with van der Waals surface area (Å²) in [6.07, 6.45) is 3.70. The van der Waals surface area contributed by atoms with Gasteiger partial charge in [0.2, 0.25) is 0 Å². The fourth-order valence-electron chi connectivity index (χ4n) is 3.12. The molecule has 1 aliphatic rings. The molecule has 1 fully saturated rings. The minimum absolute atomic E-state index is 0.148. The number of piperidine rings is 1. The van der Waals surface area contributed by atoms with Crippen LogP contribution in [0.25, 0.3) is 0 Å². The van der Waals surface area contributed by atoms with Crippen LogP contribution in [-0.2, 0) is 6.54 Å². The topological polar surface area (TPSA) is 35.6 Å². The van der Waals surface area contributed by atoms with Crippen molar-refractivity contribution in [3.8, 4) is 0 Å². The quantitative estimate of drug-likeness (QED) is 0.836. The molecule has 0 bridgehead atoms. The number of hydrogen-bond acceptors (Lipinski definition) is 2. The van der Waals surface area contributed by atoms with Gasteiger partial charge >= 0.3 is 6.03 Å². The van der Waals surface area contributed by atoms with Crippen LogP contribution in [0.4, 0.5) is 16.2 Å². The molecule has 0 aliphatic carbocycles. The van der Waals surface area contributed by atoms with E-state index in [9.17, 15) is 4.79 Å². The lowest BCUT2D eigenvalue weighted by molar-refractivity contribution is 0.220. The molecule has 2 amide bonds. The molecule has 0 radical (unpaired) electrons. The third-order valence-corrected chi connectivity index (χ3v) is 4.81.